The van der Waals surface area contributed by atoms with Gasteiger partial charge in [-0.3, -0.25) is 4.72 Å². The molecule has 0 bridgehead atoms. The van der Waals surface area contributed by atoms with Crippen LogP contribution in [0.25, 0.3) is 10.6 Å². The summed E-state index contributed by atoms with van der Waals surface area (Å²) in [4.78, 5) is 6.38. The summed E-state index contributed by atoms with van der Waals surface area (Å²) in [6.45, 7) is 5.82. The first-order valence-corrected chi connectivity index (χ1v) is 10.7. The zero-order chi connectivity index (χ0) is 17.3. The van der Waals surface area contributed by atoms with Crippen LogP contribution in [0, 0.1) is 13.8 Å². The van der Waals surface area contributed by atoms with Crippen molar-refractivity contribution in [1.82, 2.24) is 4.98 Å². The monoisotopic (exact) mass is 378 g/mol. The lowest BCUT2D eigenvalue weighted by molar-refractivity contribution is 0.601. The van der Waals surface area contributed by atoms with Gasteiger partial charge in [-0.05, 0) is 44.0 Å². The van der Waals surface area contributed by atoms with Crippen molar-refractivity contribution < 1.29 is 8.42 Å². The maximum atomic E-state index is 12.7. The summed E-state index contributed by atoms with van der Waals surface area (Å²) in [7, 11) is -3.61. The number of rotatable bonds is 5. The second kappa shape index (κ2) is 6.66. The molecule has 7 heteroatoms. The molecule has 3 aromatic rings. The van der Waals surface area contributed by atoms with Gasteiger partial charge in [0.05, 0.1) is 15.6 Å². The zero-order valence-electron chi connectivity index (χ0n) is 13.7. The van der Waals surface area contributed by atoms with Crippen LogP contribution < -0.4 is 4.72 Å². The van der Waals surface area contributed by atoms with E-state index >= 15 is 0 Å². The molecule has 0 aliphatic heterocycles. The summed E-state index contributed by atoms with van der Waals surface area (Å²) in [5.41, 5.74) is 2.58. The fourth-order valence-electron chi connectivity index (χ4n) is 2.35. The van der Waals surface area contributed by atoms with E-state index in [4.69, 9.17) is 0 Å². The highest BCUT2D eigenvalue weighted by Crippen LogP contribution is 2.34. The van der Waals surface area contributed by atoms with E-state index in [1.807, 2.05) is 31.4 Å². The van der Waals surface area contributed by atoms with Gasteiger partial charge in [0, 0.05) is 15.9 Å². The van der Waals surface area contributed by atoms with Crippen molar-refractivity contribution in [3.8, 4) is 10.6 Å². The van der Waals surface area contributed by atoms with E-state index in [9.17, 15) is 8.42 Å². The van der Waals surface area contributed by atoms with E-state index in [1.54, 1.807) is 29.5 Å². The average Bonchev–Trinajstić information content (AvgIpc) is 3.14. The molecule has 0 spiro atoms. The van der Waals surface area contributed by atoms with Crippen molar-refractivity contribution in [3.63, 3.8) is 0 Å². The Bertz CT molecular complexity index is 954. The van der Waals surface area contributed by atoms with Crippen LogP contribution in [-0.2, 0) is 16.4 Å². The summed E-state index contributed by atoms with van der Waals surface area (Å²) in [6.07, 6.45) is 0.924. The molecule has 0 aliphatic rings. The van der Waals surface area contributed by atoms with Crippen molar-refractivity contribution in [2.75, 3.05) is 4.72 Å². The third-order valence-electron chi connectivity index (χ3n) is 3.65. The summed E-state index contributed by atoms with van der Waals surface area (Å²) >= 11 is 3.01. The van der Waals surface area contributed by atoms with Gasteiger partial charge in [0.25, 0.3) is 10.0 Å². The molecule has 24 heavy (non-hydrogen) atoms. The first-order valence-electron chi connectivity index (χ1n) is 7.53. The highest BCUT2D eigenvalue weighted by atomic mass is 32.2. The Kier molecular flexibility index (Phi) is 4.76. The van der Waals surface area contributed by atoms with Crippen LogP contribution in [0.5, 0.6) is 0 Å². The Morgan fingerprint density at radius 1 is 1.17 bits per heavy atom. The van der Waals surface area contributed by atoms with Crippen LogP contribution in [-0.4, -0.2) is 13.4 Å². The van der Waals surface area contributed by atoms with Gasteiger partial charge in [0.15, 0.2) is 0 Å². The normalized spacial score (nSPS) is 11.6. The number of thiophene rings is 1. The minimum absolute atomic E-state index is 0.313. The number of aromatic nitrogens is 1. The van der Waals surface area contributed by atoms with Crippen LogP contribution in [0.2, 0.25) is 0 Å². The lowest BCUT2D eigenvalue weighted by Crippen LogP contribution is -2.13. The lowest BCUT2D eigenvalue weighted by Gasteiger charge is -2.08. The van der Waals surface area contributed by atoms with Gasteiger partial charge in [-0.1, -0.05) is 19.1 Å². The van der Waals surface area contributed by atoms with Gasteiger partial charge < -0.3 is 0 Å². The first-order chi connectivity index (χ1) is 11.4. The Balaban J connectivity index is 1.90. The van der Waals surface area contributed by atoms with E-state index in [-0.39, 0.29) is 0 Å². The van der Waals surface area contributed by atoms with Gasteiger partial charge in [-0.15, -0.1) is 22.7 Å². The van der Waals surface area contributed by atoms with Gasteiger partial charge in [0.2, 0.25) is 0 Å². The van der Waals surface area contributed by atoms with Crippen LogP contribution in [0.15, 0.2) is 40.6 Å². The fraction of sp³-hybridized carbons (Fsp3) is 0.235. The predicted octanol–water partition coefficient (Wildman–Crippen LogP) is 4.85. The topological polar surface area (TPSA) is 59.1 Å². The van der Waals surface area contributed by atoms with Crippen molar-refractivity contribution in [2.24, 2.45) is 0 Å². The van der Waals surface area contributed by atoms with E-state index in [0.29, 0.717) is 10.6 Å². The third kappa shape index (κ3) is 3.53. The Labute approximate surface area is 150 Å². The first kappa shape index (κ1) is 17.1. The molecule has 0 amide bonds. The van der Waals surface area contributed by atoms with Gasteiger partial charge in [-0.25, -0.2) is 13.4 Å². The van der Waals surface area contributed by atoms with Gasteiger partial charge in [0.1, 0.15) is 4.90 Å². The molecule has 0 aliphatic carbocycles. The molecule has 4 nitrogen and oxygen atoms in total. The number of hydrogen-bond donors (Lipinski definition) is 1. The Morgan fingerprint density at radius 3 is 2.46 bits per heavy atom. The molecular weight excluding hydrogens is 360 g/mol. The highest BCUT2D eigenvalue weighted by Gasteiger charge is 2.21. The fourth-order valence-corrected chi connectivity index (χ4v) is 5.65. The predicted molar refractivity (Wildman–Crippen MR) is 102 cm³/mol. The highest BCUT2D eigenvalue weighted by molar-refractivity contribution is 7.93. The number of sulfonamides is 1. The Morgan fingerprint density at radius 2 is 1.88 bits per heavy atom. The minimum atomic E-state index is -3.61. The summed E-state index contributed by atoms with van der Waals surface area (Å²) in [6, 6.07) is 9.16. The number of nitrogens with one attached hydrogen (secondary N) is 1. The maximum Gasteiger partial charge on any atom is 0.263 e. The van der Waals surface area contributed by atoms with Crippen molar-refractivity contribution in [1.29, 1.82) is 0 Å². The molecule has 0 unspecified atom stereocenters. The quantitative estimate of drug-likeness (QED) is 0.690. The molecular formula is C17H18N2O2S3. The largest absolute Gasteiger partial charge is 0.280 e. The van der Waals surface area contributed by atoms with Crippen LogP contribution in [0.1, 0.15) is 22.4 Å². The number of nitrogens with zero attached hydrogens (tertiary/aromatic N) is 1. The van der Waals surface area contributed by atoms with E-state index in [1.165, 1.54) is 16.9 Å². The maximum absolute atomic E-state index is 12.7. The summed E-state index contributed by atoms with van der Waals surface area (Å²) < 4.78 is 28.1. The number of benzene rings is 1. The molecule has 0 fully saturated rings. The molecule has 1 aromatic carbocycles. The molecule has 0 radical (unpaired) electrons. The zero-order valence-corrected chi connectivity index (χ0v) is 16.1. The number of hydrogen-bond acceptors (Lipinski definition) is 5. The molecule has 2 aromatic heterocycles. The summed E-state index contributed by atoms with van der Waals surface area (Å²) in [5.74, 6) is 0. The van der Waals surface area contributed by atoms with Gasteiger partial charge >= 0.3 is 0 Å². The number of thiazole rings is 1. The van der Waals surface area contributed by atoms with Crippen LogP contribution in [0.4, 0.5) is 5.69 Å². The standard InChI is InChI=1S/C17H18N2O2S3/c1-4-13-5-7-14(8-6-13)19-24(20,21)17-9-16(23-11(17)2)15-10-22-12(3)18-15/h5-10,19H,4H2,1-3H3. The van der Waals surface area contributed by atoms with Crippen molar-refractivity contribution in [2.45, 2.75) is 32.1 Å². The second-order valence-electron chi connectivity index (χ2n) is 5.44. The van der Waals surface area contributed by atoms with E-state index < -0.39 is 10.0 Å². The molecule has 1 N–H and O–H groups in total. The van der Waals surface area contributed by atoms with Crippen molar-refractivity contribution >= 4 is 38.4 Å². The SMILES string of the molecule is CCc1ccc(NS(=O)(=O)c2cc(-c3csc(C)n3)sc2C)cc1. The number of anilines is 1. The van der Waals surface area contributed by atoms with E-state index in [2.05, 4.69) is 16.6 Å². The average molecular weight is 379 g/mol. The molecule has 0 saturated carbocycles. The molecule has 3 rings (SSSR count). The summed E-state index contributed by atoms with van der Waals surface area (Å²) in [5, 5.41) is 2.92. The lowest BCUT2D eigenvalue weighted by atomic mass is 10.2. The molecule has 0 saturated heterocycles. The van der Waals surface area contributed by atoms with Crippen LogP contribution >= 0.6 is 22.7 Å². The Hall–Kier alpha value is -1.70. The third-order valence-corrected chi connectivity index (χ3v) is 7.13. The van der Waals surface area contributed by atoms with Gasteiger partial charge in [-0.2, -0.15) is 0 Å². The van der Waals surface area contributed by atoms with Crippen molar-refractivity contribution in [3.05, 3.63) is 51.2 Å². The molecule has 126 valence electrons. The molecule has 2 heterocycles. The van der Waals surface area contributed by atoms with E-state index in [0.717, 1.165) is 26.9 Å². The number of aryl methyl sites for hydroxylation is 3. The smallest absolute Gasteiger partial charge is 0.263 e. The molecule has 0 atom stereocenters. The van der Waals surface area contributed by atoms with Crippen LogP contribution in [0.3, 0.4) is 0 Å². The minimum Gasteiger partial charge on any atom is -0.280 e. The second-order valence-corrected chi connectivity index (χ2v) is 9.41.